The lowest BCUT2D eigenvalue weighted by molar-refractivity contribution is -0.143. The lowest BCUT2D eigenvalue weighted by Gasteiger charge is -2.24. The number of hydrogen-bond acceptors (Lipinski definition) is 6. The summed E-state index contributed by atoms with van der Waals surface area (Å²) in [4.78, 5) is 23.9. The summed E-state index contributed by atoms with van der Waals surface area (Å²) in [7, 11) is 1.33. The minimum Gasteiger partial charge on any atom is -0.493 e. The van der Waals surface area contributed by atoms with Gasteiger partial charge in [-0.3, -0.25) is 9.78 Å². The topological polar surface area (TPSA) is 64.0 Å². The quantitative estimate of drug-likeness (QED) is 0.214. The molecule has 1 fully saturated rings. The van der Waals surface area contributed by atoms with E-state index in [-0.39, 0.29) is 23.6 Å². The highest BCUT2D eigenvalue weighted by molar-refractivity contribution is 8.18. The van der Waals surface area contributed by atoms with Gasteiger partial charge in [0.2, 0.25) is 0 Å². The molecule has 2 aliphatic rings. The first kappa shape index (κ1) is 29.5. The van der Waals surface area contributed by atoms with Crippen molar-refractivity contribution < 1.29 is 40.6 Å². The molecule has 220 valence electrons. The second kappa shape index (κ2) is 11.7. The third kappa shape index (κ3) is 6.40. The summed E-state index contributed by atoms with van der Waals surface area (Å²) in [5, 5.41) is 0.586. The van der Waals surface area contributed by atoms with E-state index < -0.39 is 41.6 Å². The highest BCUT2D eigenvalue weighted by Crippen LogP contribution is 2.40. The molecule has 0 saturated carbocycles. The van der Waals surface area contributed by atoms with Crippen LogP contribution in [0.1, 0.15) is 46.8 Å². The highest BCUT2D eigenvalue weighted by atomic mass is 32.2. The normalized spacial score (nSPS) is 18.5. The number of thioether (sulfide) groups is 1. The van der Waals surface area contributed by atoms with Crippen LogP contribution in [-0.4, -0.2) is 34.6 Å². The molecule has 0 aliphatic carbocycles. The number of aliphatic imine (C=N–C) groups is 1. The molecule has 5 rings (SSSR count). The van der Waals surface area contributed by atoms with E-state index in [2.05, 4.69) is 14.9 Å². The van der Waals surface area contributed by atoms with E-state index in [1.807, 2.05) is 18.2 Å². The summed E-state index contributed by atoms with van der Waals surface area (Å²) in [6.45, 7) is 0.0884. The standard InChI is InChI=1S/C29H23F6N3O3S/c1-40-24-13-17(7-10-23(24)41-16-18-8-9-19(28(30,31)32)15-20(18)29(33,34)35)14-25-26(39)37-27(42-25)38-12-4-6-22(38)21-5-2-3-11-36-21/h2-3,5,7-11,13-15,22H,4,6,12,16H2,1H3/b25-14-. The van der Waals surface area contributed by atoms with Crippen molar-refractivity contribution in [1.82, 2.24) is 9.88 Å². The summed E-state index contributed by atoms with van der Waals surface area (Å²) >= 11 is 1.24. The van der Waals surface area contributed by atoms with Crippen molar-refractivity contribution in [3.63, 3.8) is 0 Å². The van der Waals surface area contributed by atoms with Crippen molar-refractivity contribution in [3.8, 4) is 11.5 Å². The van der Waals surface area contributed by atoms with Crippen molar-refractivity contribution in [2.24, 2.45) is 4.99 Å². The Balaban J connectivity index is 1.31. The van der Waals surface area contributed by atoms with Gasteiger partial charge < -0.3 is 14.4 Å². The molecule has 0 spiro atoms. The van der Waals surface area contributed by atoms with Crippen LogP contribution < -0.4 is 9.47 Å². The zero-order valence-electron chi connectivity index (χ0n) is 22.0. The minimum atomic E-state index is -5.01. The van der Waals surface area contributed by atoms with Gasteiger partial charge in [-0.05, 0) is 72.6 Å². The predicted molar refractivity (Wildman–Crippen MR) is 145 cm³/mol. The molecular formula is C29H23F6N3O3S. The predicted octanol–water partition coefficient (Wildman–Crippen LogP) is 7.51. The number of rotatable bonds is 6. The first-order valence-corrected chi connectivity index (χ1v) is 13.5. The number of pyridine rings is 1. The second-order valence-corrected chi connectivity index (χ2v) is 10.5. The Kier molecular flexibility index (Phi) is 8.22. The SMILES string of the molecule is COc1cc(/C=C2\SC(N3CCCC3c3ccccn3)=NC2=O)ccc1OCc1ccc(C(F)(F)F)cc1C(F)(F)F. The lowest BCUT2D eigenvalue weighted by atomic mass is 10.0. The number of carbonyl (C=O) groups excluding carboxylic acids is 1. The Morgan fingerprint density at radius 1 is 1.02 bits per heavy atom. The van der Waals surface area contributed by atoms with Crippen LogP contribution >= 0.6 is 11.8 Å². The van der Waals surface area contributed by atoms with Crippen molar-refractivity contribution in [2.75, 3.05) is 13.7 Å². The van der Waals surface area contributed by atoms with Crippen LogP contribution in [0.15, 0.2) is 70.7 Å². The van der Waals surface area contributed by atoms with E-state index >= 15 is 0 Å². The van der Waals surface area contributed by atoms with Gasteiger partial charge in [0.1, 0.15) is 6.61 Å². The van der Waals surface area contributed by atoms with Gasteiger partial charge in [0.15, 0.2) is 16.7 Å². The number of amidine groups is 1. The number of halogens is 6. The van der Waals surface area contributed by atoms with Gasteiger partial charge in [0, 0.05) is 18.3 Å². The lowest BCUT2D eigenvalue weighted by Crippen LogP contribution is -2.27. The third-order valence-electron chi connectivity index (χ3n) is 6.75. The summed E-state index contributed by atoms with van der Waals surface area (Å²) < 4.78 is 90.3. The Morgan fingerprint density at radius 2 is 1.83 bits per heavy atom. The molecule has 3 aromatic rings. The number of nitrogens with zero attached hydrogens (tertiary/aromatic N) is 3. The monoisotopic (exact) mass is 607 g/mol. The number of alkyl halides is 6. The first-order valence-electron chi connectivity index (χ1n) is 12.7. The minimum absolute atomic E-state index is 0.0173. The molecule has 42 heavy (non-hydrogen) atoms. The molecule has 6 nitrogen and oxygen atoms in total. The molecule has 2 aliphatic heterocycles. The van der Waals surface area contributed by atoms with E-state index in [0.29, 0.717) is 21.7 Å². The summed E-state index contributed by atoms with van der Waals surface area (Å²) in [6.07, 6.45) is -4.76. The van der Waals surface area contributed by atoms with Crippen LogP contribution in [-0.2, 0) is 23.8 Å². The average molecular weight is 608 g/mol. The molecule has 1 aromatic heterocycles. The van der Waals surface area contributed by atoms with Crippen LogP contribution in [0, 0.1) is 0 Å². The maximum atomic E-state index is 13.5. The Bertz CT molecular complexity index is 1540. The maximum absolute atomic E-state index is 13.5. The van der Waals surface area contributed by atoms with Gasteiger partial charge in [-0.15, -0.1) is 0 Å². The molecule has 0 radical (unpaired) electrons. The fourth-order valence-electron chi connectivity index (χ4n) is 4.74. The molecule has 1 atom stereocenters. The summed E-state index contributed by atoms with van der Waals surface area (Å²) in [5.74, 6) is -0.163. The maximum Gasteiger partial charge on any atom is 0.416 e. The number of benzene rings is 2. The zero-order chi connectivity index (χ0) is 30.1. The van der Waals surface area contributed by atoms with Gasteiger partial charge in [0.25, 0.3) is 5.91 Å². The van der Waals surface area contributed by atoms with E-state index in [9.17, 15) is 31.1 Å². The van der Waals surface area contributed by atoms with Gasteiger partial charge in [-0.2, -0.15) is 31.3 Å². The Labute approximate surface area is 241 Å². The Hall–Kier alpha value is -4.00. The van der Waals surface area contributed by atoms with Crippen LogP contribution in [0.3, 0.4) is 0 Å². The first-order chi connectivity index (χ1) is 19.9. The fourth-order valence-corrected chi connectivity index (χ4v) is 5.73. The fraction of sp³-hybridized carbons (Fsp3) is 0.276. The van der Waals surface area contributed by atoms with Crippen molar-refractivity contribution in [2.45, 2.75) is 37.8 Å². The summed E-state index contributed by atoms with van der Waals surface area (Å²) in [6, 6.07) is 11.7. The third-order valence-corrected chi connectivity index (χ3v) is 7.77. The van der Waals surface area contributed by atoms with Gasteiger partial charge in [0.05, 0.1) is 34.9 Å². The molecule has 0 bridgehead atoms. The highest BCUT2D eigenvalue weighted by Gasteiger charge is 2.38. The smallest absolute Gasteiger partial charge is 0.416 e. The number of aromatic nitrogens is 1. The largest absolute Gasteiger partial charge is 0.493 e. The van der Waals surface area contributed by atoms with E-state index in [0.717, 1.165) is 31.1 Å². The molecule has 0 N–H and O–H groups in total. The number of ether oxygens (including phenoxy) is 2. The molecule has 1 saturated heterocycles. The van der Waals surface area contributed by atoms with Crippen LogP contribution in [0.25, 0.3) is 6.08 Å². The van der Waals surface area contributed by atoms with Crippen LogP contribution in [0.5, 0.6) is 11.5 Å². The van der Waals surface area contributed by atoms with Crippen molar-refractivity contribution >= 4 is 28.9 Å². The van der Waals surface area contributed by atoms with Crippen molar-refractivity contribution in [3.05, 3.63) is 93.6 Å². The molecule has 13 heteroatoms. The molecule has 1 amide bonds. The van der Waals surface area contributed by atoms with Gasteiger partial charge in [-0.25, -0.2) is 0 Å². The van der Waals surface area contributed by atoms with E-state index in [1.54, 1.807) is 18.3 Å². The average Bonchev–Trinajstić information content (AvgIpc) is 3.58. The van der Waals surface area contributed by atoms with Gasteiger partial charge >= 0.3 is 12.4 Å². The zero-order valence-corrected chi connectivity index (χ0v) is 22.8. The van der Waals surface area contributed by atoms with Crippen LogP contribution in [0.2, 0.25) is 0 Å². The number of methoxy groups -OCH3 is 1. The molecule has 3 heterocycles. The van der Waals surface area contributed by atoms with E-state index in [1.165, 1.54) is 31.0 Å². The number of amides is 1. The van der Waals surface area contributed by atoms with Crippen LogP contribution in [0.4, 0.5) is 26.3 Å². The number of carbonyl (C=O) groups is 1. The van der Waals surface area contributed by atoms with Gasteiger partial charge in [-0.1, -0.05) is 18.2 Å². The summed E-state index contributed by atoms with van der Waals surface area (Å²) in [5.41, 5.74) is -1.85. The second-order valence-electron chi connectivity index (χ2n) is 9.48. The Morgan fingerprint density at radius 3 is 2.52 bits per heavy atom. The number of likely N-dealkylation sites (tertiary alicyclic amines) is 1. The molecule has 2 aromatic carbocycles. The number of hydrogen-bond donors (Lipinski definition) is 0. The molecular weight excluding hydrogens is 584 g/mol. The van der Waals surface area contributed by atoms with E-state index in [4.69, 9.17) is 9.47 Å². The molecule has 1 unspecified atom stereocenters. The van der Waals surface area contributed by atoms with Crippen molar-refractivity contribution in [1.29, 1.82) is 0 Å².